The van der Waals surface area contributed by atoms with Gasteiger partial charge in [0.15, 0.2) is 0 Å². The second kappa shape index (κ2) is 5.61. The summed E-state index contributed by atoms with van der Waals surface area (Å²) in [4.78, 5) is 5.52. The van der Waals surface area contributed by atoms with Crippen molar-refractivity contribution in [2.45, 2.75) is 37.2 Å². The van der Waals surface area contributed by atoms with E-state index >= 15 is 0 Å². The van der Waals surface area contributed by atoms with Crippen LogP contribution in [0.15, 0.2) is 33.3 Å². The lowest BCUT2D eigenvalue weighted by molar-refractivity contribution is 0.321. The summed E-state index contributed by atoms with van der Waals surface area (Å²) in [7, 11) is 0. The zero-order chi connectivity index (χ0) is 14.9. The zero-order valence-corrected chi connectivity index (χ0v) is 13.6. The molecule has 0 aliphatic rings. The predicted octanol–water partition coefficient (Wildman–Crippen LogP) is 3.44. The highest BCUT2D eigenvalue weighted by molar-refractivity contribution is 7.98. The molecule has 3 rings (SSSR count). The largest absolute Gasteiger partial charge is 0.444 e. The molecule has 3 heterocycles. The molecular weight excluding hydrogens is 306 g/mol. The summed E-state index contributed by atoms with van der Waals surface area (Å²) in [6, 6.07) is 3.98. The molecule has 0 fully saturated rings. The fourth-order valence-electron chi connectivity index (χ4n) is 1.72. The summed E-state index contributed by atoms with van der Waals surface area (Å²) >= 11 is 3.16. The molecule has 0 aromatic carbocycles. The Kier molecular flexibility index (Phi) is 3.81. The summed E-state index contributed by atoms with van der Waals surface area (Å²) in [6.45, 7) is 6.20. The van der Waals surface area contributed by atoms with E-state index < -0.39 is 0 Å². The van der Waals surface area contributed by atoms with Crippen molar-refractivity contribution in [1.29, 1.82) is 0 Å². The number of thiophene rings is 1. The standard InChI is InChI=1S/C13H15N5OS2/c1-13(2,3)18-12(15-16-17-18)21-8-9-7-19-11(14-9)10-5-4-6-20-10/h4-7H,8H2,1-3H3. The third-order valence-electron chi connectivity index (χ3n) is 2.71. The second-order valence-corrected chi connectivity index (χ2v) is 7.34. The van der Waals surface area contributed by atoms with Crippen molar-refractivity contribution in [3.05, 3.63) is 29.5 Å². The summed E-state index contributed by atoms with van der Waals surface area (Å²) in [5.41, 5.74) is 0.740. The molecule has 0 radical (unpaired) electrons. The smallest absolute Gasteiger partial charge is 0.236 e. The van der Waals surface area contributed by atoms with Crippen LogP contribution in [0.3, 0.4) is 0 Å². The first-order valence-electron chi connectivity index (χ1n) is 6.44. The van der Waals surface area contributed by atoms with Crippen LogP contribution in [-0.2, 0) is 11.3 Å². The maximum atomic E-state index is 5.50. The Morgan fingerprint density at radius 1 is 1.38 bits per heavy atom. The van der Waals surface area contributed by atoms with E-state index in [1.54, 1.807) is 29.4 Å². The SMILES string of the molecule is CC(C)(C)n1nnnc1SCc1coc(-c2cccs2)n1. The van der Waals surface area contributed by atoms with Gasteiger partial charge in [0.2, 0.25) is 11.0 Å². The van der Waals surface area contributed by atoms with Crippen molar-refractivity contribution in [2.24, 2.45) is 0 Å². The lowest BCUT2D eigenvalue weighted by atomic mass is 10.1. The van der Waals surface area contributed by atoms with E-state index in [0.717, 1.165) is 15.7 Å². The molecule has 0 atom stereocenters. The van der Waals surface area contributed by atoms with Crippen molar-refractivity contribution in [1.82, 2.24) is 25.2 Å². The number of tetrazole rings is 1. The van der Waals surface area contributed by atoms with E-state index in [9.17, 15) is 0 Å². The second-order valence-electron chi connectivity index (χ2n) is 5.45. The van der Waals surface area contributed by atoms with Gasteiger partial charge in [-0.15, -0.1) is 16.4 Å². The van der Waals surface area contributed by atoms with Gasteiger partial charge < -0.3 is 4.42 Å². The maximum absolute atomic E-state index is 5.50. The quantitative estimate of drug-likeness (QED) is 0.686. The highest BCUT2D eigenvalue weighted by Crippen LogP contribution is 2.27. The molecule has 0 N–H and O–H groups in total. The molecule has 0 aliphatic carbocycles. The van der Waals surface area contributed by atoms with Gasteiger partial charge in [-0.2, -0.15) is 0 Å². The first-order valence-corrected chi connectivity index (χ1v) is 8.30. The van der Waals surface area contributed by atoms with Crippen LogP contribution in [0.5, 0.6) is 0 Å². The van der Waals surface area contributed by atoms with E-state index in [4.69, 9.17) is 4.42 Å². The Hall–Kier alpha value is -1.67. The molecule has 0 saturated heterocycles. The molecule has 21 heavy (non-hydrogen) atoms. The van der Waals surface area contributed by atoms with Crippen molar-refractivity contribution < 1.29 is 4.42 Å². The van der Waals surface area contributed by atoms with Crippen molar-refractivity contribution in [3.63, 3.8) is 0 Å². The number of aromatic nitrogens is 5. The molecule has 0 spiro atoms. The minimum absolute atomic E-state index is 0.141. The van der Waals surface area contributed by atoms with Crippen molar-refractivity contribution >= 4 is 23.1 Å². The van der Waals surface area contributed by atoms with Crippen molar-refractivity contribution in [2.75, 3.05) is 0 Å². The van der Waals surface area contributed by atoms with Gasteiger partial charge in [-0.3, -0.25) is 0 Å². The fourth-order valence-corrected chi connectivity index (χ4v) is 3.31. The molecule has 6 nitrogen and oxygen atoms in total. The fraction of sp³-hybridized carbons (Fsp3) is 0.385. The van der Waals surface area contributed by atoms with Gasteiger partial charge in [0.05, 0.1) is 16.1 Å². The van der Waals surface area contributed by atoms with Crippen LogP contribution in [0, 0.1) is 0 Å². The van der Waals surface area contributed by atoms with Crippen LogP contribution in [-0.4, -0.2) is 25.2 Å². The number of oxazole rings is 1. The van der Waals surface area contributed by atoms with E-state index in [1.807, 2.05) is 22.2 Å². The molecule has 0 bridgehead atoms. The third kappa shape index (κ3) is 3.16. The van der Waals surface area contributed by atoms with Crippen LogP contribution in [0.25, 0.3) is 10.8 Å². The summed E-state index contributed by atoms with van der Waals surface area (Å²) in [5, 5.41) is 14.6. The van der Waals surface area contributed by atoms with E-state index in [1.165, 1.54) is 0 Å². The molecule has 0 amide bonds. The normalized spacial score (nSPS) is 12.0. The van der Waals surface area contributed by atoms with Crippen molar-refractivity contribution in [3.8, 4) is 10.8 Å². The highest BCUT2D eigenvalue weighted by atomic mass is 32.2. The number of hydrogen-bond acceptors (Lipinski definition) is 7. The van der Waals surface area contributed by atoms with E-state index in [-0.39, 0.29) is 5.54 Å². The maximum Gasteiger partial charge on any atom is 0.236 e. The zero-order valence-electron chi connectivity index (χ0n) is 12.0. The Balaban J connectivity index is 1.70. The first-order chi connectivity index (χ1) is 10.0. The summed E-state index contributed by atoms with van der Waals surface area (Å²) in [5.74, 6) is 1.33. The topological polar surface area (TPSA) is 69.6 Å². The van der Waals surface area contributed by atoms with Gasteiger partial charge in [0.1, 0.15) is 6.26 Å². The van der Waals surface area contributed by atoms with Gasteiger partial charge in [-0.1, -0.05) is 17.8 Å². The number of thioether (sulfide) groups is 1. The Labute approximate surface area is 130 Å². The molecule has 110 valence electrons. The van der Waals surface area contributed by atoms with Crippen LogP contribution < -0.4 is 0 Å². The Bertz CT molecular complexity index is 711. The van der Waals surface area contributed by atoms with Crippen LogP contribution in [0.2, 0.25) is 0 Å². The molecule has 0 saturated carbocycles. The number of rotatable bonds is 4. The average molecular weight is 321 g/mol. The van der Waals surface area contributed by atoms with Gasteiger partial charge >= 0.3 is 0 Å². The molecule has 3 aromatic heterocycles. The average Bonchev–Trinajstić information content (AvgIpc) is 3.16. The Morgan fingerprint density at radius 2 is 2.24 bits per heavy atom. The summed E-state index contributed by atoms with van der Waals surface area (Å²) in [6.07, 6.45) is 1.69. The molecule has 0 unspecified atom stereocenters. The van der Waals surface area contributed by atoms with Crippen LogP contribution >= 0.6 is 23.1 Å². The van der Waals surface area contributed by atoms with E-state index in [2.05, 4.69) is 41.3 Å². The third-order valence-corrected chi connectivity index (χ3v) is 4.52. The Morgan fingerprint density at radius 3 is 2.95 bits per heavy atom. The number of hydrogen-bond donors (Lipinski definition) is 0. The van der Waals surface area contributed by atoms with Gasteiger partial charge in [-0.05, 0) is 42.6 Å². The summed E-state index contributed by atoms with van der Waals surface area (Å²) < 4.78 is 7.32. The lowest BCUT2D eigenvalue weighted by Gasteiger charge is -2.19. The molecule has 0 aliphatic heterocycles. The van der Waals surface area contributed by atoms with Gasteiger partial charge in [0.25, 0.3) is 0 Å². The molecular formula is C13H15N5OS2. The highest BCUT2D eigenvalue weighted by Gasteiger charge is 2.20. The van der Waals surface area contributed by atoms with E-state index in [0.29, 0.717) is 11.6 Å². The number of nitrogens with zero attached hydrogens (tertiary/aromatic N) is 5. The van der Waals surface area contributed by atoms with Crippen LogP contribution in [0.4, 0.5) is 0 Å². The molecule has 8 heteroatoms. The first kappa shape index (κ1) is 14.3. The monoisotopic (exact) mass is 321 g/mol. The molecule has 3 aromatic rings. The predicted molar refractivity (Wildman–Crippen MR) is 82.2 cm³/mol. The minimum Gasteiger partial charge on any atom is -0.444 e. The lowest BCUT2D eigenvalue weighted by Crippen LogP contribution is -2.24. The minimum atomic E-state index is -0.141. The van der Waals surface area contributed by atoms with Gasteiger partial charge in [-0.25, -0.2) is 9.67 Å². The van der Waals surface area contributed by atoms with Crippen LogP contribution in [0.1, 0.15) is 26.5 Å². The van der Waals surface area contributed by atoms with Gasteiger partial charge in [0, 0.05) is 5.75 Å².